The number of hydrogen-bond acceptors (Lipinski definition) is 2. The van der Waals surface area contributed by atoms with Gasteiger partial charge >= 0.3 is 0 Å². The number of carbonyl (C=O) groups excluding carboxylic acids is 1. The van der Waals surface area contributed by atoms with Crippen LogP contribution in [0.2, 0.25) is 5.02 Å². The van der Waals surface area contributed by atoms with Gasteiger partial charge in [-0.05, 0) is 43.8 Å². The number of rotatable bonds is 8. The van der Waals surface area contributed by atoms with Crippen molar-refractivity contribution >= 4 is 23.6 Å². The Balaban J connectivity index is 2.29. The van der Waals surface area contributed by atoms with Crippen molar-refractivity contribution in [3.8, 4) is 0 Å². The van der Waals surface area contributed by atoms with Crippen LogP contribution < -0.4 is 5.32 Å². The van der Waals surface area contributed by atoms with E-state index in [0.717, 1.165) is 31.6 Å². The fraction of sp³-hybridized carbons (Fsp3) is 0.438. The van der Waals surface area contributed by atoms with Crippen molar-refractivity contribution in [3.63, 3.8) is 0 Å². The van der Waals surface area contributed by atoms with E-state index < -0.39 is 0 Å². The van der Waals surface area contributed by atoms with Crippen LogP contribution in [0.15, 0.2) is 30.3 Å². The lowest BCUT2D eigenvalue weighted by molar-refractivity contribution is -0.116. The van der Waals surface area contributed by atoms with E-state index in [2.05, 4.69) is 24.1 Å². The third-order valence-electron chi connectivity index (χ3n) is 3.16. The Morgan fingerprint density at radius 1 is 1.30 bits per heavy atom. The van der Waals surface area contributed by atoms with E-state index in [1.54, 1.807) is 6.08 Å². The number of nitrogens with zero attached hydrogens (tertiary/aromatic N) is 1. The minimum atomic E-state index is -0.0792. The number of amides is 1. The summed E-state index contributed by atoms with van der Waals surface area (Å²) in [6.07, 6.45) is 4.23. The van der Waals surface area contributed by atoms with Gasteiger partial charge in [-0.15, -0.1) is 0 Å². The van der Waals surface area contributed by atoms with Gasteiger partial charge in [0.2, 0.25) is 5.91 Å². The van der Waals surface area contributed by atoms with Gasteiger partial charge in [-0.25, -0.2) is 0 Å². The van der Waals surface area contributed by atoms with Gasteiger partial charge in [0.05, 0.1) is 0 Å². The molecule has 3 nitrogen and oxygen atoms in total. The van der Waals surface area contributed by atoms with E-state index in [1.165, 1.54) is 6.08 Å². The van der Waals surface area contributed by atoms with Gasteiger partial charge in [-0.2, -0.15) is 0 Å². The molecular weight excluding hydrogens is 272 g/mol. The first-order chi connectivity index (χ1) is 9.67. The summed E-state index contributed by atoms with van der Waals surface area (Å²) >= 11 is 6.01. The summed E-state index contributed by atoms with van der Waals surface area (Å²) in [5.41, 5.74) is 0.854. The lowest BCUT2D eigenvalue weighted by Gasteiger charge is -2.17. The molecule has 0 radical (unpaired) electrons. The predicted octanol–water partition coefficient (Wildman–Crippen LogP) is 3.20. The maximum atomic E-state index is 11.7. The summed E-state index contributed by atoms with van der Waals surface area (Å²) in [6.45, 7) is 8.11. The first kappa shape index (κ1) is 16.7. The maximum absolute atomic E-state index is 11.7. The molecule has 0 saturated carbocycles. The van der Waals surface area contributed by atoms with Crippen LogP contribution in [0, 0.1) is 0 Å². The minimum Gasteiger partial charge on any atom is -0.353 e. The monoisotopic (exact) mass is 294 g/mol. The highest BCUT2D eigenvalue weighted by Crippen LogP contribution is 2.15. The van der Waals surface area contributed by atoms with Gasteiger partial charge < -0.3 is 10.2 Å². The Morgan fingerprint density at radius 2 is 2.00 bits per heavy atom. The third kappa shape index (κ3) is 6.22. The fourth-order valence-corrected chi connectivity index (χ4v) is 2.09. The summed E-state index contributed by atoms with van der Waals surface area (Å²) in [7, 11) is 0. The fourth-order valence-electron chi connectivity index (χ4n) is 1.89. The first-order valence-corrected chi connectivity index (χ1v) is 7.48. The molecule has 0 fully saturated rings. The second kappa shape index (κ2) is 9.56. The minimum absolute atomic E-state index is 0.0792. The van der Waals surface area contributed by atoms with Gasteiger partial charge in [0.25, 0.3) is 0 Å². The molecule has 0 aliphatic rings. The van der Waals surface area contributed by atoms with Gasteiger partial charge in [0.15, 0.2) is 0 Å². The molecule has 1 aromatic carbocycles. The lowest BCUT2D eigenvalue weighted by Crippen LogP contribution is -2.29. The van der Waals surface area contributed by atoms with Crippen molar-refractivity contribution in [3.05, 3.63) is 40.9 Å². The molecule has 110 valence electrons. The Bertz CT molecular complexity index is 442. The Labute approximate surface area is 126 Å². The molecule has 1 amide bonds. The molecule has 0 bridgehead atoms. The van der Waals surface area contributed by atoms with Crippen LogP contribution in [0.3, 0.4) is 0 Å². The predicted molar refractivity (Wildman–Crippen MR) is 85.9 cm³/mol. The highest BCUT2D eigenvalue weighted by atomic mass is 35.5. The van der Waals surface area contributed by atoms with Crippen LogP contribution in [-0.2, 0) is 4.79 Å². The molecule has 1 aromatic rings. The largest absolute Gasteiger partial charge is 0.353 e. The first-order valence-electron chi connectivity index (χ1n) is 7.10. The molecule has 4 heteroatoms. The Morgan fingerprint density at radius 3 is 2.65 bits per heavy atom. The highest BCUT2D eigenvalue weighted by molar-refractivity contribution is 6.32. The zero-order valence-corrected chi connectivity index (χ0v) is 13.0. The highest BCUT2D eigenvalue weighted by Gasteiger charge is 2.00. The molecular formula is C16H23ClN2O. The zero-order chi connectivity index (χ0) is 14.8. The second-order valence-corrected chi connectivity index (χ2v) is 4.93. The van der Waals surface area contributed by atoms with Crippen LogP contribution in [0.25, 0.3) is 6.08 Å². The average Bonchev–Trinajstić information content (AvgIpc) is 2.46. The number of benzene rings is 1. The molecule has 0 heterocycles. The van der Waals surface area contributed by atoms with E-state index in [1.807, 2.05) is 24.3 Å². The summed E-state index contributed by atoms with van der Waals surface area (Å²) in [4.78, 5) is 14.0. The molecule has 0 atom stereocenters. The van der Waals surface area contributed by atoms with E-state index in [0.29, 0.717) is 11.6 Å². The molecule has 0 saturated heterocycles. The van der Waals surface area contributed by atoms with Crippen molar-refractivity contribution in [2.75, 3.05) is 26.2 Å². The summed E-state index contributed by atoms with van der Waals surface area (Å²) in [6, 6.07) is 7.45. The molecule has 0 unspecified atom stereocenters. The Hall–Kier alpha value is -1.32. The summed E-state index contributed by atoms with van der Waals surface area (Å²) in [5, 5.41) is 3.53. The quantitative estimate of drug-likeness (QED) is 0.590. The summed E-state index contributed by atoms with van der Waals surface area (Å²) < 4.78 is 0. The van der Waals surface area contributed by atoms with Crippen molar-refractivity contribution in [1.29, 1.82) is 0 Å². The lowest BCUT2D eigenvalue weighted by atomic mass is 10.2. The molecule has 0 spiro atoms. The number of hydrogen-bond donors (Lipinski definition) is 1. The maximum Gasteiger partial charge on any atom is 0.244 e. The molecule has 0 aromatic heterocycles. The van der Waals surface area contributed by atoms with Crippen molar-refractivity contribution in [1.82, 2.24) is 10.2 Å². The second-order valence-electron chi connectivity index (χ2n) is 4.53. The molecule has 1 rings (SSSR count). The average molecular weight is 295 g/mol. The van der Waals surface area contributed by atoms with Gasteiger partial charge in [0.1, 0.15) is 0 Å². The van der Waals surface area contributed by atoms with E-state index in [-0.39, 0.29) is 5.91 Å². The summed E-state index contributed by atoms with van der Waals surface area (Å²) in [5.74, 6) is -0.0792. The molecule has 0 aliphatic heterocycles. The standard InChI is InChI=1S/C16H23ClN2O/c1-3-19(4-2)13-7-12-18-16(20)11-10-14-8-5-6-9-15(14)17/h5-6,8-11H,3-4,7,12-13H2,1-2H3,(H,18,20)/b11-10+. The van der Waals surface area contributed by atoms with Crippen LogP contribution in [-0.4, -0.2) is 37.0 Å². The van der Waals surface area contributed by atoms with Gasteiger partial charge in [-0.3, -0.25) is 4.79 Å². The normalized spacial score (nSPS) is 11.2. The topological polar surface area (TPSA) is 32.3 Å². The molecule has 0 aliphatic carbocycles. The number of halogens is 1. The number of nitrogens with one attached hydrogen (secondary N) is 1. The van der Waals surface area contributed by atoms with Gasteiger partial charge in [-0.1, -0.05) is 43.6 Å². The van der Waals surface area contributed by atoms with Crippen LogP contribution in [0.1, 0.15) is 25.8 Å². The van der Waals surface area contributed by atoms with Crippen LogP contribution in [0.4, 0.5) is 0 Å². The molecule has 1 N–H and O–H groups in total. The van der Waals surface area contributed by atoms with Crippen molar-refractivity contribution in [2.45, 2.75) is 20.3 Å². The van der Waals surface area contributed by atoms with Gasteiger partial charge in [0, 0.05) is 17.6 Å². The van der Waals surface area contributed by atoms with Crippen LogP contribution in [0.5, 0.6) is 0 Å². The number of carbonyl (C=O) groups is 1. The van der Waals surface area contributed by atoms with E-state index in [9.17, 15) is 4.79 Å². The van der Waals surface area contributed by atoms with E-state index >= 15 is 0 Å². The SMILES string of the molecule is CCN(CC)CCCNC(=O)/C=C/c1ccccc1Cl. The van der Waals surface area contributed by atoms with Crippen molar-refractivity contribution in [2.24, 2.45) is 0 Å². The Kier molecular flexibility index (Phi) is 8.00. The smallest absolute Gasteiger partial charge is 0.244 e. The molecule has 20 heavy (non-hydrogen) atoms. The third-order valence-corrected chi connectivity index (χ3v) is 3.51. The van der Waals surface area contributed by atoms with Crippen molar-refractivity contribution < 1.29 is 4.79 Å². The van der Waals surface area contributed by atoms with Crippen LogP contribution >= 0.6 is 11.6 Å². The van der Waals surface area contributed by atoms with E-state index in [4.69, 9.17) is 11.6 Å². The zero-order valence-electron chi connectivity index (χ0n) is 12.2.